The molecule has 5 rings (SSSR count). The average molecular weight is 576 g/mol. The van der Waals surface area contributed by atoms with Gasteiger partial charge < -0.3 is 26.2 Å². The first-order valence-electron chi connectivity index (χ1n) is 14.3. The number of anilines is 2. The van der Waals surface area contributed by atoms with E-state index in [4.69, 9.17) is 5.73 Å². The van der Waals surface area contributed by atoms with Crippen molar-refractivity contribution in [3.8, 4) is 0 Å². The first-order valence-corrected chi connectivity index (χ1v) is 14.3. The van der Waals surface area contributed by atoms with Gasteiger partial charge in [-0.05, 0) is 67.6 Å². The van der Waals surface area contributed by atoms with Crippen molar-refractivity contribution in [1.29, 1.82) is 0 Å². The molecule has 1 saturated carbocycles. The number of nitrogens with zero attached hydrogens (tertiary/aromatic N) is 2. The van der Waals surface area contributed by atoms with Crippen LogP contribution in [0.1, 0.15) is 52.0 Å². The molecule has 0 unspecified atom stereocenters. The zero-order valence-electron chi connectivity index (χ0n) is 23.3. The Morgan fingerprint density at radius 3 is 2.14 bits per heavy atom. The van der Waals surface area contributed by atoms with E-state index in [2.05, 4.69) is 10.6 Å². The van der Waals surface area contributed by atoms with E-state index in [-0.39, 0.29) is 29.5 Å². The number of amides is 3. The van der Waals surface area contributed by atoms with Crippen LogP contribution in [0.25, 0.3) is 0 Å². The summed E-state index contributed by atoms with van der Waals surface area (Å²) in [7, 11) is 0. The van der Waals surface area contributed by atoms with Crippen molar-refractivity contribution in [1.82, 2.24) is 10.2 Å². The predicted molar refractivity (Wildman–Crippen MR) is 157 cm³/mol. The summed E-state index contributed by atoms with van der Waals surface area (Å²) in [6.45, 7) is 2.02. The van der Waals surface area contributed by atoms with Crippen molar-refractivity contribution in [3.63, 3.8) is 0 Å². The number of piperazine rings is 1. The van der Waals surface area contributed by atoms with Crippen LogP contribution in [0.2, 0.25) is 0 Å². The van der Waals surface area contributed by atoms with E-state index in [1.165, 1.54) is 6.07 Å². The van der Waals surface area contributed by atoms with Crippen molar-refractivity contribution >= 4 is 29.1 Å². The van der Waals surface area contributed by atoms with E-state index in [0.29, 0.717) is 49.5 Å². The smallest absolute Gasteiger partial charge is 0.255 e. The third-order valence-electron chi connectivity index (χ3n) is 7.97. The van der Waals surface area contributed by atoms with E-state index in [1.54, 1.807) is 18.2 Å². The lowest BCUT2D eigenvalue weighted by Gasteiger charge is -2.37. The predicted octanol–water partition coefficient (Wildman–Crippen LogP) is 4.11. The Balaban J connectivity index is 1.32. The molecule has 1 saturated heterocycles. The van der Waals surface area contributed by atoms with Crippen LogP contribution in [0.3, 0.4) is 0 Å². The highest BCUT2D eigenvalue weighted by atomic mass is 19.2. The molecule has 8 nitrogen and oxygen atoms in total. The van der Waals surface area contributed by atoms with Gasteiger partial charge in [-0.3, -0.25) is 14.4 Å². The molecule has 220 valence electrons. The van der Waals surface area contributed by atoms with Gasteiger partial charge in [-0.2, -0.15) is 0 Å². The number of benzene rings is 3. The van der Waals surface area contributed by atoms with Gasteiger partial charge in [-0.15, -0.1) is 0 Å². The maximum Gasteiger partial charge on any atom is 0.255 e. The minimum absolute atomic E-state index is 0.0266. The molecule has 1 aliphatic heterocycles. The lowest BCUT2D eigenvalue weighted by molar-refractivity contribution is -0.130. The lowest BCUT2D eigenvalue weighted by atomic mass is 9.91. The van der Waals surface area contributed by atoms with Crippen LogP contribution < -0.4 is 21.3 Å². The van der Waals surface area contributed by atoms with E-state index >= 15 is 0 Å². The van der Waals surface area contributed by atoms with Crippen LogP contribution in [0.4, 0.5) is 20.2 Å². The number of nitrogens with one attached hydrogen (secondary N) is 2. The molecule has 1 aliphatic carbocycles. The maximum absolute atomic E-state index is 13.8. The molecule has 2 aliphatic rings. The largest absolute Gasteiger partial charge is 0.366 e. The van der Waals surface area contributed by atoms with Gasteiger partial charge in [0.25, 0.3) is 11.8 Å². The summed E-state index contributed by atoms with van der Waals surface area (Å²) in [5.41, 5.74) is 8.30. The van der Waals surface area contributed by atoms with Gasteiger partial charge in [0, 0.05) is 49.4 Å². The highest BCUT2D eigenvalue weighted by molar-refractivity contribution is 6.07. The standard InChI is InChI=1S/C32H35F2N5O3/c33-26-12-6-22(19-27(26)34)32(42)37-28-20-23(31(41)36-25-10-8-24(35)9-11-25)7-13-29(28)38-14-16-39(17-15-38)30(40)18-21-4-2-1-3-5-21/h1-7,12-13,19-20,24-25H,8-11,14-18,35H2,(H,36,41)(H,37,42). The zero-order valence-corrected chi connectivity index (χ0v) is 23.3. The van der Waals surface area contributed by atoms with E-state index in [0.717, 1.165) is 43.4 Å². The third kappa shape index (κ3) is 7.12. The van der Waals surface area contributed by atoms with Crippen LogP contribution in [0.15, 0.2) is 66.7 Å². The summed E-state index contributed by atoms with van der Waals surface area (Å²) in [6, 6.07) is 17.8. The van der Waals surface area contributed by atoms with E-state index < -0.39 is 17.5 Å². The molecule has 10 heteroatoms. The molecule has 0 aromatic heterocycles. The number of hydrogen-bond donors (Lipinski definition) is 3. The fraction of sp³-hybridized carbons (Fsp3) is 0.344. The summed E-state index contributed by atoms with van der Waals surface area (Å²) < 4.78 is 27.3. The highest BCUT2D eigenvalue weighted by Crippen LogP contribution is 2.30. The number of carbonyl (C=O) groups is 3. The van der Waals surface area contributed by atoms with Crippen molar-refractivity contribution in [2.75, 3.05) is 36.4 Å². The number of carbonyl (C=O) groups excluding carboxylic acids is 3. The molecule has 0 radical (unpaired) electrons. The summed E-state index contributed by atoms with van der Waals surface area (Å²) in [4.78, 5) is 42.9. The molecule has 1 heterocycles. The minimum atomic E-state index is -1.13. The first-order chi connectivity index (χ1) is 20.3. The highest BCUT2D eigenvalue weighted by Gasteiger charge is 2.25. The van der Waals surface area contributed by atoms with Gasteiger partial charge in [0.2, 0.25) is 5.91 Å². The second-order valence-corrected chi connectivity index (χ2v) is 10.9. The lowest BCUT2D eigenvalue weighted by Crippen LogP contribution is -2.49. The van der Waals surface area contributed by atoms with E-state index in [9.17, 15) is 23.2 Å². The van der Waals surface area contributed by atoms with Gasteiger partial charge in [0.05, 0.1) is 17.8 Å². The Bertz CT molecular complexity index is 1440. The van der Waals surface area contributed by atoms with Crippen molar-refractivity contribution in [2.45, 2.75) is 44.2 Å². The number of halogens is 2. The van der Waals surface area contributed by atoms with Crippen molar-refractivity contribution < 1.29 is 23.2 Å². The van der Waals surface area contributed by atoms with Gasteiger partial charge in [-0.25, -0.2) is 8.78 Å². The Labute approximate surface area is 243 Å². The Hall–Kier alpha value is -4.31. The van der Waals surface area contributed by atoms with Gasteiger partial charge in [-0.1, -0.05) is 30.3 Å². The third-order valence-corrected chi connectivity index (χ3v) is 7.97. The fourth-order valence-corrected chi connectivity index (χ4v) is 5.50. The maximum atomic E-state index is 13.8. The number of nitrogens with two attached hydrogens (primary N) is 1. The second-order valence-electron chi connectivity index (χ2n) is 10.9. The fourth-order valence-electron chi connectivity index (χ4n) is 5.50. The van der Waals surface area contributed by atoms with Crippen LogP contribution in [0, 0.1) is 11.6 Å². The van der Waals surface area contributed by atoms with Gasteiger partial charge in [0.15, 0.2) is 11.6 Å². The van der Waals surface area contributed by atoms with Crippen LogP contribution in [-0.4, -0.2) is 60.9 Å². The number of hydrogen-bond acceptors (Lipinski definition) is 5. The molecule has 3 aromatic carbocycles. The molecule has 42 heavy (non-hydrogen) atoms. The van der Waals surface area contributed by atoms with Crippen molar-refractivity contribution in [3.05, 3.63) is 95.1 Å². The minimum Gasteiger partial charge on any atom is -0.366 e. The molecule has 2 fully saturated rings. The molecule has 4 N–H and O–H groups in total. The van der Waals surface area contributed by atoms with Gasteiger partial charge >= 0.3 is 0 Å². The zero-order chi connectivity index (χ0) is 29.6. The molecular formula is C32H35F2N5O3. The van der Waals surface area contributed by atoms with E-state index in [1.807, 2.05) is 40.1 Å². The van der Waals surface area contributed by atoms with Crippen molar-refractivity contribution in [2.24, 2.45) is 5.73 Å². The molecular weight excluding hydrogens is 540 g/mol. The van der Waals surface area contributed by atoms with Crippen LogP contribution in [-0.2, 0) is 11.2 Å². The first kappa shape index (κ1) is 29.2. The molecule has 3 amide bonds. The summed E-state index contributed by atoms with van der Waals surface area (Å²) in [5, 5.41) is 5.86. The molecule has 3 aromatic rings. The summed E-state index contributed by atoms with van der Waals surface area (Å²) >= 11 is 0. The van der Waals surface area contributed by atoms with Gasteiger partial charge in [0.1, 0.15) is 0 Å². The second kappa shape index (κ2) is 13.1. The topological polar surface area (TPSA) is 108 Å². The summed E-state index contributed by atoms with van der Waals surface area (Å²) in [5.74, 6) is -3.02. The Morgan fingerprint density at radius 1 is 0.786 bits per heavy atom. The Morgan fingerprint density at radius 2 is 1.45 bits per heavy atom. The number of rotatable bonds is 7. The van der Waals surface area contributed by atoms with Crippen LogP contribution in [0.5, 0.6) is 0 Å². The molecule has 0 spiro atoms. The summed E-state index contributed by atoms with van der Waals surface area (Å²) in [6.07, 6.45) is 3.63. The Kier molecular flexibility index (Phi) is 9.12. The normalized spacial score (nSPS) is 18.8. The average Bonchev–Trinajstić information content (AvgIpc) is 3.00. The monoisotopic (exact) mass is 575 g/mol. The van der Waals surface area contributed by atoms with Crippen LogP contribution >= 0.6 is 0 Å². The molecule has 0 atom stereocenters. The quantitative estimate of drug-likeness (QED) is 0.393. The SMILES string of the molecule is NC1CCC(NC(=O)c2ccc(N3CCN(C(=O)Cc4ccccc4)CC3)c(NC(=O)c3ccc(F)c(F)c3)c2)CC1. The molecule has 0 bridgehead atoms.